The maximum absolute atomic E-state index is 13.2. The Morgan fingerprint density at radius 2 is 1.90 bits per heavy atom. The SMILES string of the molecule is O=C1c2cc3c(cc2C2(CC2)C1CCC1CCN(Cc2ccc[nH]2)CC1)ONO3. The van der Waals surface area contributed by atoms with Gasteiger partial charge in [-0.2, -0.15) is 0 Å². The zero-order chi connectivity index (χ0) is 19.4. The highest BCUT2D eigenvalue weighted by Crippen LogP contribution is 2.62. The van der Waals surface area contributed by atoms with Crippen LogP contribution in [-0.2, 0) is 12.0 Å². The molecule has 152 valence electrons. The Morgan fingerprint density at radius 1 is 1.10 bits per heavy atom. The van der Waals surface area contributed by atoms with Crippen molar-refractivity contribution in [2.45, 2.75) is 50.5 Å². The number of hydrogen-bond donors (Lipinski definition) is 2. The first-order chi connectivity index (χ1) is 14.2. The van der Waals surface area contributed by atoms with E-state index in [1.54, 1.807) is 0 Å². The van der Waals surface area contributed by atoms with E-state index in [4.69, 9.17) is 9.68 Å². The normalized spacial score (nSPS) is 25.0. The number of carbonyl (C=O) groups excluding carboxylic acids is 1. The number of fused-ring (bicyclic) bond motifs is 3. The van der Waals surface area contributed by atoms with Gasteiger partial charge in [-0.1, -0.05) is 0 Å². The molecule has 2 aliphatic carbocycles. The third kappa shape index (κ3) is 2.89. The molecular formula is C23H27N3O3. The molecular weight excluding hydrogens is 366 g/mol. The van der Waals surface area contributed by atoms with Gasteiger partial charge in [0.25, 0.3) is 0 Å². The van der Waals surface area contributed by atoms with E-state index in [0.717, 1.165) is 56.8 Å². The number of piperidine rings is 1. The lowest BCUT2D eigenvalue weighted by Crippen LogP contribution is -2.33. The van der Waals surface area contributed by atoms with Crippen molar-refractivity contribution in [1.82, 2.24) is 15.5 Å². The lowest BCUT2D eigenvalue weighted by molar-refractivity contribution is 0.0259. The number of benzene rings is 1. The number of nitrogens with one attached hydrogen (secondary N) is 2. The number of hydrogen-bond acceptors (Lipinski definition) is 5. The molecule has 6 heteroatoms. The van der Waals surface area contributed by atoms with Gasteiger partial charge in [-0.3, -0.25) is 9.69 Å². The molecule has 2 N–H and O–H groups in total. The van der Waals surface area contributed by atoms with Gasteiger partial charge < -0.3 is 14.7 Å². The summed E-state index contributed by atoms with van der Waals surface area (Å²) in [6.07, 6.45) is 8.90. The predicted octanol–water partition coefficient (Wildman–Crippen LogP) is 3.74. The molecule has 3 heterocycles. The van der Waals surface area contributed by atoms with E-state index in [2.05, 4.69) is 27.7 Å². The lowest BCUT2D eigenvalue weighted by Gasteiger charge is -2.32. The molecule has 0 amide bonds. The van der Waals surface area contributed by atoms with Crippen LogP contribution in [0.2, 0.25) is 0 Å². The maximum Gasteiger partial charge on any atom is 0.196 e. The minimum absolute atomic E-state index is 0.0711. The van der Waals surface area contributed by atoms with Crippen molar-refractivity contribution in [1.29, 1.82) is 0 Å². The van der Waals surface area contributed by atoms with Crippen molar-refractivity contribution in [2.75, 3.05) is 13.1 Å². The Morgan fingerprint density at radius 3 is 2.62 bits per heavy atom. The molecule has 1 saturated carbocycles. The summed E-state index contributed by atoms with van der Waals surface area (Å²) in [4.78, 5) is 29.7. The molecule has 1 unspecified atom stereocenters. The van der Waals surface area contributed by atoms with Crippen molar-refractivity contribution < 1.29 is 14.5 Å². The lowest BCUT2D eigenvalue weighted by atomic mass is 9.81. The molecule has 1 atom stereocenters. The van der Waals surface area contributed by atoms with E-state index >= 15 is 0 Å². The molecule has 0 radical (unpaired) electrons. The summed E-state index contributed by atoms with van der Waals surface area (Å²) in [6, 6.07) is 8.14. The minimum atomic E-state index is 0.0711. The van der Waals surface area contributed by atoms with Crippen LogP contribution < -0.4 is 15.3 Å². The van der Waals surface area contributed by atoms with Crippen LogP contribution in [0.1, 0.15) is 60.1 Å². The highest BCUT2D eigenvalue weighted by Gasteiger charge is 2.59. The molecule has 29 heavy (non-hydrogen) atoms. The fourth-order valence-corrected chi connectivity index (χ4v) is 5.77. The van der Waals surface area contributed by atoms with Crippen molar-refractivity contribution in [3.8, 4) is 11.5 Å². The van der Waals surface area contributed by atoms with Gasteiger partial charge in [0, 0.05) is 41.0 Å². The summed E-state index contributed by atoms with van der Waals surface area (Å²) in [7, 11) is 0. The van der Waals surface area contributed by atoms with Crippen molar-refractivity contribution in [2.24, 2.45) is 11.8 Å². The Balaban J connectivity index is 1.09. The molecule has 2 aliphatic heterocycles. The summed E-state index contributed by atoms with van der Waals surface area (Å²) < 4.78 is 0. The van der Waals surface area contributed by atoms with E-state index < -0.39 is 0 Å². The van der Waals surface area contributed by atoms with Gasteiger partial charge in [0.1, 0.15) is 0 Å². The first kappa shape index (κ1) is 17.5. The van der Waals surface area contributed by atoms with Crippen LogP contribution >= 0.6 is 0 Å². The Hall–Kier alpha value is -2.31. The number of H-pyrrole nitrogens is 1. The number of ketones is 1. The van der Waals surface area contributed by atoms with Crippen LogP contribution in [0.25, 0.3) is 0 Å². The van der Waals surface area contributed by atoms with E-state index in [1.807, 2.05) is 18.3 Å². The topological polar surface area (TPSA) is 66.6 Å². The van der Waals surface area contributed by atoms with Crippen LogP contribution in [0.3, 0.4) is 0 Å². The Labute approximate surface area is 170 Å². The average Bonchev–Trinajstić information content (AvgIpc) is 3.08. The molecule has 2 aromatic rings. The summed E-state index contributed by atoms with van der Waals surface area (Å²) in [6.45, 7) is 3.33. The first-order valence-corrected chi connectivity index (χ1v) is 10.9. The number of rotatable bonds is 5. The van der Waals surface area contributed by atoms with Crippen LogP contribution in [0.4, 0.5) is 0 Å². The second kappa shape index (κ2) is 6.61. The largest absolute Gasteiger partial charge is 0.370 e. The monoisotopic (exact) mass is 393 g/mol. The second-order valence-corrected chi connectivity index (χ2v) is 9.20. The van der Waals surface area contributed by atoms with Gasteiger partial charge in [0.05, 0.1) is 0 Å². The van der Waals surface area contributed by atoms with Gasteiger partial charge >= 0.3 is 0 Å². The Bertz CT molecular complexity index is 927. The van der Waals surface area contributed by atoms with Gasteiger partial charge in [-0.25, -0.2) is 0 Å². The second-order valence-electron chi connectivity index (χ2n) is 9.20. The third-order valence-corrected chi connectivity index (χ3v) is 7.59. The van der Waals surface area contributed by atoms with Gasteiger partial charge in [-0.05, 0) is 87.4 Å². The van der Waals surface area contributed by atoms with E-state index in [9.17, 15) is 4.79 Å². The number of likely N-dealkylation sites (tertiary alicyclic amines) is 1. The van der Waals surface area contributed by atoms with Crippen molar-refractivity contribution >= 4 is 5.78 Å². The average molecular weight is 393 g/mol. The number of nitrogens with zero attached hydrogens (tertiary/aromatic N) is 1. The predicted molar refractivity (Wildman–Crippen MR) is 108 cm³/mol. The molecule has 2 fully saturated rings. The van der Waals surface area contributed by atoms with Crippen molar-refractivity contribution in [3.05, 3.63) is 47.3 Å². The van der Waals surface area contributed by atoms with Crippen molar-refractivity contribution in [3.63, 3.8) is 0 Å². The zero-order valence-corrected chi connectivity index (χ0v) is 16.6. The standard InChI is InChI=1S/C23H27N3O3/c27-22-17-12-20-21(29-25-28-20)13-19(17)23(7-8-23)18(22)4-3-15-5-10-26(11-6-15)14-16-2-1-9-24-16/h1-2,9,12-13,15,18,24-25H,3-8,10-11,14H2. The molecule has 1 aromatic heterocycles. The number of aromatic amines is 1. The summed E-state index contributed by atoms with van der Waals surface area (Å²) in [5.41, 5.74) is 5.85. The van der Waals surface area contributed by atoms with Gasteiger partial charge in [0.2, 0.25) is 0 Å². The van der Waals surface area contributed by atoms with Gasteiger partial charge in [-0.15, -0.1) is 0 Å². The summed E-state index contributed by atoms with van der Waals surface area (Å²) in [5.74, 6) is 2.54. The smallest absolute Gasteiger partial charge is 0.196 e. The van der Waals surface area contributed by atoms with Crippen LogP contribution in [-0.4, -0.2) is 28.8 Å². The molecule has 1 spiro atoms. The number of aromatic nitrogens is 1. The highest BCUT2D eigenvalue weighted by atomic mass is 16.9. The number of carbonyl (C=O) groups is 1. The van der Waals surface area contributed by atoms with E-state index in [1.165, 1.54) is 24.1 Å². The third-order valence-electron chi connectivity index (χ3n) is 7.59. The van der Waals surface area contributed by atoms with Crippen LogP contribution in [0.5, 0.6) is 11.5 Å². The Kier molecular flexibility index (Phi) is 4.00. The first-order valence-electron chi connectivity index (χ1n) is 10.9. The minimum Gasteiger partial charge on any atom is -0.370 e. The van der Waals surface area contributed by atoms with Gasteiger partial charge in [0.15, 0.2) is 17.3 Å². The maximum atomic E-state index is 13.2. The fraction of sp³-hybridized carbons (Fsp3) is 0.522. The summed E-state index contributed by atoms with van der Waals surface area (Å²) >= 11 is 0. The molecule has 4 aliphatic rings. The number of Topliss-reactive ketones (excluding diaryl/α,β-unsaturated/α-hetero) is 1. The highest BCUT2D eigenvalue weighted by molar-refractivity contribution is 6.05. The van der Waals surface area contributed by atoms with Crippen LogP contribution in [0, 0.1) is 11.8 Å². The van der Waals surface area contributed by atoms with Crippen LogP contribution in [0.15, 0.2) is 30.5 Å². The molecule has 6 nitrogen and oxygen atoms in total. The van der Waals surface area contributed by atoms with E-state index in [0.29, 0.717) is 17.3 Å². The fourth-order valence-electron chi connectivity index (χ4n) is 5.77. The molecule has 0 bridgehead atoms. The van der Waals surface area contributed by atoms with E-state index in [-0.39, 0.29) is 11.3 Å². The summed E-state index contributed by atoms with van der Waals surface area (Å²) in [5, 5.41) is 0. The quantitative estimate of drug-likeness (QED) is 0.810. The molecule has 1 saturated heterocycles. The molecule has 1 aromatic carbocycles. The zero-order valence-electron chi connectivity index (χ0n) is 16.6. The molecule has 6 rings (SSSR count).